The van der Waals surface area contributed by atoms with Gasteiger partial charge in [0.2, 0.25) is 0 Å². The Hall–Kier alpha value is -0.970. The molecule has 0 saturated heterocycles. The predicted molar refractivity (Wildman–Crippen MR) is 38.8 cm³/mol. The van der Waals surface area contributed by atoms with Crippen LogP contribution in [0.25, 0.3) is 0 Å². The van der Waals surface area contributed by atoms with E-state index in [1.807, 2.05) is 0 Å². The van der Waals surface area contributed by atoms with E-state index >= 15 is 0 Å². The molecule has 0 spiro atoms. The zero-order valence-electron chi connectivity index (χ0n) is 6.20. The number of alkyl halides is 1. The van der Waals surface area contributed by atoms with Crippen LogP contribution >= 0.6 is 0 Å². The highest BCUT2D eigenvalue weighted by atomic mass is 19.1. The van der Waals surface area contributed by atoms with E-state index in [9.17, 15) is 4.39 Å². The lowest BCUT2D eigenvalue weighted by Crippen LogP contribution is -2.11. The minimum Gasteiger partial charge on any atom is -0.330 e. The largest absolute Gasteiger partial charge is 0.330 e. The second-order valence-corrected chi connectivity index (χ2v) is 2.18. The van der Waals surface area contributed by atoms with Crippen LogP contribution in [0.3, 0.4) is 0 Å². The summed E-state index contributed by atoms with van der Waals surface area (Å²) >= 11 is 0. The van der Waals surface area contributed by atoms with Gasteiger partial charge in [-0.1, -0.05) is 5.21 Å². The number of aryl methyl sites for hydroxylation is 1. The molecule has 1 aromatic rings. The Kier molecular flexibility index (Phi) is 2.97. The summed E-state index contributed by atoms with van der Waals surface area (Å²) in [6.45, 7) is 0.399. The highest BCUT2D eigenvalue weighted by Crippen LogP contribution is 1.95. The van der Waals surface area contributed by atoms with Crippen molar-refractivity contribution in [3.63, 3.8) is 0 Å². The lowest BCUT2D eigenvalue weighted by Gasteiger charge is -2.00. The number of rotatable bonds is 4. The molecule has 1 rings (SSSR count). The fourth-order valence-corrected chi connectivity index (χ4v) is 0.889. The van der Waals surface area contributed by atoms with E-state index in [-0.39, 0.29) is 6.54 Å². The van der Waals surface area contributed by atoms with Crippen LogP contribution in [-0.4, -0.2) is 28.2 Å². The molecule has 0 unspecified atom stereocenters. The molecule has 2 N–H and O–H groups in total. The van der Waals surface area contributed by atoms with Crippen LogP contribution in [0.4, 0.5) is 4.39 Å². The number of halogens is 1. The first-order valence-corrected chi connectivity index (χ1v) is 3.52. The van der Waals surface area contributed by atoms with Gasteiger partial charge in [0, 0.05) is 6.42 Å². The lowest BCUT2D eigenvalue weighted by atomic mass is 10.3. The summed E-state index contributed by atoms with van der Waals surface area (Å²) in [5.41, 5.74) is 6.22. The van der Waals surface area contributed by atoms with E-state index in [1.165, 1.54) is 4.68 Å². The van der Waals surface area contributed by atoms with Gasteiger partial charge in [-0.05, 0) is 6.54 Å². The summed E-state index contributed by atoms with van der Waals surface area (Å²) in [6.07, 6.45) is 2.32. The highest BCUT2D eigenvalue weighted by Gasteiger charge is 2.00. The van der Waals surface area contributed by atoms with Crippen molar-refractivity contribution in [2.24, 2.45) is 5.73 Å². The van der Waals surface area contributed by atoms with Crippen molar-refractivity contribution < 1.29 is 4.39 Å². The Morgan fingerprint density at radius 1 is 1.64 bits per heavy atom. The summed E-state index contributed by atoms with van der Waals surface area (Å²) in [5, 5.41) is 7.35. The van der Waals surface area contributed by atoms with E-state index < -0.39 is 6.67 Å². The minimum absolute atomic E-state index is 0.273. The Labute approximate surface area is 64.2 Å². The summed E-state index contributed by atoms with van der Waals surface area (Å²) in [7, 11) is 0. The smallest absolute Gasteiger partial charge is 0.109 e. The monoisotopic (exact) mass is 158 g/mol. The molecule has 1 aromatic heterocycles. The van der Waals surface area contributed by atoms with Gasteiger partial charge in [-0.2, -0.15) is 0 Å². The van der Waals surface area contributed by atoms with E-state index in [4.69, 9.17) is 5.73 Å². The molecular formula is C6H11FN4. The molecule has 0 radical (unpaired) electrons. The van der Waals surface area contributed by atoms with Crippen LogP contribution in [0, 0.1) is 0 Å². The van der Waals surface area contributed by atoms with Gasteiger partial charge < -0.3 is 5.73 Å². The number of aromatic nitrogens is 3. The van der Waals surface area contributed by atoms with E-state index in [0.29, 0.717) is 13.0 Å². The first-order valence-electron chi connectivity index (χ1n) is 3.52. The molecule has 0 aliphatic carbocycles. The van der Waals surface area contributed by atoms with E-state index in [2.05, 4.69) is 10.3 Å². The van der Waals surface area contributed by atoms with Crippen molar-refractivity contribution in [3.8, 4) is 0 Å². The normalized spacial score (nSPS) is 10.4. The Morgan fingerprint density at radius 2 is 2.45 bits per heavy atom. The van der Waals surface area contributed by atoms with Crippen LogP contribution < -0.4 is 5.73 Å². The maximum atomic E-state index is 11.9. The minimum atomic E-state index is -0.416. The lowest BCUT2D eigenvalue weighted by molar-refractivity contribution is 0.415. The third-order valence-electron chi connectivity index (χ3n) is 1.39. The molecule has 0 bridgehead atoms. The molecule has 0 fully saturated rings. The van der Waals surface area contributed by atoms with Crippen molar-refractivity contribution in [3.05, 3.63) is 11.9 Å². The molecule has 62 valence electrons. The van der Waals surface area contributed by atoms with Gasteiger partial charge in [0.15, 0.2) is 0 Å². The molecule has 0 saturated carbocycles. The summed E-state index contributed by atoms with van der Waals surface area (Å²) in [6, 6.07) is 0. The second-order valence-electron chi connectivity index (χ2n) is 2.18. The first-order chi connectivity index (χ1) is 5.38. The third kappa shape index (κ3) is 1.98. The summed E-state index contributed by atoms with van der Waals surface area (Å²) in [5.74, 6) is 0. The van der Waals surface area contributed by atoms with Gasteiger partial charge in [0.25, 0.3) is 0 Å². The highest BCUT2D eigenvalue weighted by molar-refractivity contribution is 4.94. The second kappa shape index (κ2) is 4.02. The van der Waals surface area contributed by atoms with E-state index in [0.717, 1.165) is 5.69 Å². The summed E-state index contributed by atoms with van der Waals surface area (Å²) in [4.78, 5) is 0. The molecular weight excluding hydrogens is 147 g/mol. The predicted octanol–water partition coefficient (Wildman–Crippen LogP) is -0.251. The van der Waals surface area contributed by atoms with Crippen molar-refractivity contribution in [1.82, 2.24) is 15.0 Å². The van der Waals surface area contributed by atoms with Gasteiger partial charge in [-0.25, -0.2) is 9.07 Å². The van der Waals surface area contributed by atoms with Crippen LogP contribution in [0.1, 0.15) is 5.69 Å². The van der Waals surface area contributed by atoms with Gasteiger partial charge in [-0.15, -0.1) is 5.10 Å². The molecule has 0 aliphatic heterocycles. The number of nitrogens with zero attached hydrogens (tertiary/aromatic N) is 3. The number of hydrogen-bond donors (Lipinski definition) is 1. The Balaban J connectivity index is 2.62. The van der Waals surface area contributed by atoms with Crippen LogP contribution in [0.2, 0.25) is 0 Å². The molecule has 0 aliphatic rings. The molecule has 0 atom stereocenters. The number of hydrogen-bond acceptors (Lipinski definition) is 3. The maximum Gasteiger partial charge on any atom is 0.109 e. The fourth-order valence-electron chi connectivity index (χ4n) is 0.889. The van der Waals surface area contributed by atoms with Crippen LogP contribution in [0.5, 0.6) is 0 Å². The van der Waals surface area contributed by atoms with Crippen molar-refractivity contribution in [2.45, 2.75) is 13.0 Å². The number of nitrogens with two attached hydrogens (primary N) is 1. The average Bonchev–Trinajstić information content (AvgIpc) is 2.39. The standard InChI is InChI=1S/C6H11FN4/c7-2-4-11-6(1-3-8)5-9-10-11/h5H,1-4,8H2. The first kappa shape index (κ1) is 8.13. The fraction of sp³-hybridized carbons (Fsp3) is 0.667. The third-order valence-corrected chi connectivity index (χ3v) is 1.39. The van der Waals surface area contributed by atoms with Crippen molar-refractivity contribution in [1.29, 1.82) is 0 Å². The zero-order chi connectivity index (χ0) is 8.10. The quantitative estimate of drug-likeness (QED) is 0.657. The molecule has 0 aromatic carbocycles. The SMILES string of the molecule is NCCc1cnnn1CCF. The van der Waals surface area contributed by atoms with Crippen molar-refractivity contribution >= 4 is 0 Å². The van der Waals surface area contributed by atoms with Crippen molar-refractivity contribution in [2.75, 3.05) is 13.2 Å². The molecule has 5 heteroatoms. The average molecular weight is 158 g/mol. The van der Waals surface area contributed by atoms with Gasteiger partial charge in [0.1, 0.15) is 6.67 Å². The zero-order valence-corrected chi connectivity index (χ0v) is 6.20. The Morgan fingerprint density at radius 3 is 3.09 bits per heavy atom. The molecule has 1 heterocycles. The van der Waals surface area contributed by atoms with Crippen LogP contribution in [0.15, 0.2) is 6.20 Å². The van der Waals surface area contributed by atoms with Gasteiger partial charge >= 0.3 is 0 Å². The maximum absolute atomic E-state index is 11.9. The molecule has 4 nitrogen and oxygen atoms in total. The molecule has 0 amide bonds. The van der Waals surface area contributed by atoms with Crippen LogP contribution in [-0.2, 0) is 13.0 Å². The molecule has 11 heavy (non-hydrogen) atoms. The van der Waals surface area contributed by atoms with Gasteiger partial charge in [-0.3, -0.25) is 0 Å². The summed E-state index contributed by atoms with van der Waals surface area (Å²) < 4.78 is 13.4. The Bertz CT molecular complexity index is 190. The topological polar surface area (TPSA) is 56.7 Å². The van der Waals surface area contributed by atoms with E-state index in [1.54, 1.807) is 6.20 Å². The van der Waals surface area contributed by atoms with Gasteiger partial charge in [0.05, 0.1) is 18.4 Å².